The van der Waals surface area contributed by atoms with E-state index >= 15 is 0 Å². The van der Waals surface area contributed by atoms with E-state index in [1.54, 1.807) is 0 Å². The first-order valence-corrected chi connectivity index (χ1v) is 17.6. The fourth-order valence-electron chi connectivity index (χ4n) is 5.55. The summed E-state index contributed by atoms with van der Waals surface area (Å²) in [6.07, 6.45) is 3.56. The minimum Gasteiger partial charge on any atom is -0.481 e. The van der Waals surface area contributed by atoms with Crippen molar-refractivity contribution in [2.75, 3.05) is 19.4 Å². The van der Waals surface area contributed by atoms with Gasteiger partial charge in [-0.05, 0) is 35.1 Å². The number of alkyl carbamates (subject to hydrolysis) is 1. The van der Waals surface area contributed by atoms with Crippen molar-refractivity contribution in [2.24, 2.45) is 5.73 Å². The van der Waals surface area contributed by atoms with Gasteiger partial charge in [-0.3, -0.25) is 19.8 Å². The molecule has 50 heavy (non-hydrogen) atoms. The minimum absolute atomic E-state index is 0.00373. The molecule has 266 valence electrons. The molecule has 9 N–H and O–H groups in total. The average Bonchev–Trinajstić information content (AvgIpc) is 3.69. The minimum atomic E-state index is -3.64. The van der Waals surface area contributed by atoms with Crippen LogP contribution in [0.2, 0.25) is 0 Å². The van der Waals surface area contributed by atoms with Crippen LogP contribution in [0, 0.1) is 5.41 Å². The molecule has 3 atom stereocenters. The number of fused-ring (bicyclic) bond motifs is 3. The molecule has 0 bridgehead atoms. The smallest absolute Gasteiger partial charge is 0.407 e. The molecule has 1 heterocycles. The number of aromatic amines is 1. The van der Waals surface area contributed by atoms with Crippen molar-refractivity contribution in [3.63, 3.8) is 0 Å². The van der Waals surface area contributed by atoms with Crippen LogP contribution in [0.1, 0.15) is 42.0 Å². The van der Waals surface area contributed by atoms with E-state index in [1.807, 2.05) is 48.5 Å². The topological polar surface area (TPSA) is 259 Å². The van der Waals surface area contributed by atoms with Crippen molar-refractivity contribution in [3.05, 3.63) is 89.4 Å². The highest BCUT2D eigenvalue weighted by Gasteiger charge is 2.31. The van der Waals surface area contributed by atoms with Crippen molar-refractivity contribution in [1.82, 2.24) is 31.2 Å². The summed E-state index contributed by atoms with van der Waals surface area (Å²) >= 11 is 0. The van der Waals surface area contributed by atoms with Crippen molar-refractivity contribution >= 4 is 39.7 Å². The zero-order valence-electron chi connectivity index (χ0n) is 27.2. The number of imidazole rings is 1. The molecule has 1 aliphatic rings. The predicted octanol–water partition coefficient (Wildman–Crippen LogP) is 1.13. The summed E-state index contributed by atoms with van der Waals surface area (Å²) in [5.41, 5.74) is 9.86. The lowest BCUT2D eigenvalue weighted by Crippen LogP contribution is -2.55. The normalized spacial score (nSPS) is 14.1. The number of benzene rings is 2. The number of nitrogens with one attached hydrogen (secondary N) is 6. The first kappa shape index (κ1) is 37.1. The Kier molecular flexibility index (Phi) is 12.7. The van der Waals surface area contributed by atoms with E-state index in [2.05, 4.69) is 31.2 Å². The van der Waals surface area contributed by atoms with Gasteiger partial charge in [0.2, 0.25) is 11.8 Å². The van der Waals surface area contributed by atoms with E-state index < -0.39 is 58.3 Å². The highest BCUT2D eigenvalue weighted by molar-refractivity contribution is 7.93. The highest BCUT2D eigenvalue weighted by atomic mass is 32.2. The van der Waals surface area contributed by atoms with Gasteiger partial charge in [0.25, 0.3) is 0 Å². The zero-order valence-corrected chi connectivity index (χ0v) is 28.0. The van der Waals surface area contributed by atoms with Crippen molar-refractivity contribution < 1.29 is 37.4 Å². The van der Waals surface area contributed by atoms with Crippen LogP contribution in [-0.4, -0.2) is 90.9 Å². The second kappa shape index (κ2) is 17.1. The summed E-state index contributed by atoms with van der Waals surface area (Å²) in [6.45, 7) is 0.211. The summed E-state index contributed by atoms with van der Waals surface area (Å²) in [5.74, 6) is -3.36. The van der Waals surface area contributed by atoms with Crippen LogP contribution in [-0.2, 0) is 35.4 Å². The number of aromatic nitrogens is 2. The third-order valence-electron chi connectivity index (χ3n) is 7.82. The predicted molar refractivity (Wildman–Crippen MR) is 184 cm³/mol. The van der Waals surface area contributed by atoms with E-state index in [9.17, 15) is 32.7 Å². The molecule has 0 aliphatic heterocycles. The molecule has 1 aromatic heterocycles. The third-order valence-corrected chi connectivity index (χ3v) is 8.47. The molecule has 17 heteroatoms. The molecule has 0 saturated carbocycles. The Bertz CT molecular complexity index is 1780. The molecule has 0 fully saturated rings. The Labute approximate surface area is 288 Å². The van der Waals surface area contributed by atoms with Gasteiger partial charge in [0.1, 0.15) is 18.7 Å². The number of ether oxygens (including phenoxy) is 1. The monoisotopic (exact) mass is 708 g/mol. The Balaban J connectivity index is 1.49. The number of rotatable bonds is 17. The van der Waals surface area contributed by atoms with Crippen molar-refractivity contribution in [1.29, 1.82) is 5.41 Å². The van der Waals surface area contributed by atoms with Gasteiger partial charge in [-0.25, -0.2) is 18.2 Å². The van der Waals surface area contributed by atoms with Gasteiger partial charge in [-0.1, -0.05) is 54.6 Å². The number of carbonyl (C=O) groups is 4. The van der Waals surface area contributed by atoms with E-state index in [0.717, 1.165) is 40.0 Å². The van der Waals surface area contributed by atoms with Gasteiger partial charge in [-0.15, -0.1) is 0 Å². The molecular weight excluding hydrogens is 668 g/mol. The summed E-state index contributed by atoms with van der Waals surface area (Å²) < 4.78 is 28.9. The Morgan fingerprint density at radius 3 is 2.24 bits per heavy atom. The first-order chi connectivity index (χ1) is 23.8. The second-order valence-electron chi connectivity index (χ2n) is 11.7. The fraction of sp³-hybridized carbons (Fsp3) is 0.333. The van der Waals surface area contributed by atoms with Gasteiger partial charge in [-0.2, -0.15) is 0 Å². The third kappa shape index (κ3) is 10.9. The summed E-state index contributed by atoms with van der Waals surface area (Å²) in [5, 5.41) is 27.8. The standard InChI is InChI=1S/C33H40N8O8S/c1-50(47,48)14-12-20(16-29(42)43)39-31(45)28(15-21-17-36-19-38-21)40-30(44)27(11-6-13-37-32(34)35)41-33(46)49-18-26-24-9-4-2-7-22(24)23-8-3-5-10-25(23)26/h2-5,7-10,12,14,17,19-20,26-28H,6,11,13,15-16,18H2,1H3,(H,36,38)(H,39,45)(H,40,44)(H,41,46)(H,42,43)(H4,34,35,37)/b14-12+/t20-,27+,28+/m1/s1. The molecule has 2 aromatic carbocycles. The Hall–Kier alpha value is -5.71. The van der Waals surface area contributed by atoms with Crippen LogP contribution in [0.5, 0.6) is 0 Å². The number of sulfone groups is 1. The van der Waals surface area contributed by atoms with Crippen LogP contribution in [0.15, 0.2) is 72.5 Å². The lowest BCUT2D eigenvalue weighted by molar-refractivity contribution is -0.137. The molecule has 3 aromatic rings. The van der Waals surface area contributed by atoms with E-state index in [4.69, 9.17) is 15.9 Å². The maximum absolute atomic E-state index is 13.7. The van der Waals surface area contributed by atoms with Crippen molar-refractivity contribution in [2.45, 2.75) is 49.7 Å². The molecule has 0 spiro atoms. The van der Waals surface area contributed by atoms with Gasteiger partial charge in [0.05, 0.1) is 24.5 Å². The largest absolute Gasteiger partial charge is 0.481 e. The van der Waals surface area contributed by atoms with E-state index in [-0.39, 0.29) is 44.3 Å². The molecule has 4 rings (SSSR count). The van der Waals surface area contributed by atoms with Crippen LogP contribution in [0.3, 0.4) is 0 Å². The Morgan fingerprint density at radius 2 is 1.66 bits per heavy atom. The maximum Gasteiger partial charge on any atom is 0.407 e. The average molecular weight is 709 g/mol. The number of aliphatic carboxylic acids is 1. The van der Waals surface area contributed by atoms with Gasteiger partial charge in [0.15, 0.2) is 15.8 Å². The quantitative estimate of drug-likeness (QED) is 0.0560. The van der Waals surface area contributed by atoms with Crippen LogP contribution in [0.4, 0.5) is 4.79 Å². The number of carboxylic acids is 1. The van der Waals surface area contributed by atoms with Gasteiger partial charge in [0, 0.05) is 36.7 Å². The van der Waals surface area contributed by atoms with Crippen LogP contribution >= 0.6 is 0 Å². The van der Waals surface area contributed by atoms with Crippen LogP contribution < -0.4 is 27.0 Å². The summed E-state index contributed by atoms with van der Waals surface area (Å²) in [6, 6.07) is 11.9. The van der Waals surface area contributed by atoms with Crippen molar-refractivity contribution in [3.8, 4) is 11.1 Å². The molecule has 0 unspecified atom stereocenters. The SMILES string of the molecule is CS(=O)(=O)/C=C/[C@H](CC(=O)O)NC(=O)[C@H](Cc1c[nH]cn1)NC(=O)[C@H](CCCNC(=N)N)NC(=O)OCC1c2ccccc2-c2ccccc21. The number of nitrogens with two attached hydrogens (primary N) is 1. The number of carboxylic acid groups (broad SMARTS) is 1. The first-order valence-electron chi connectivity index (χ1n) is 15.7. The number of guanidine groups is 1. The lowest BCUT2D eigenvalue weighted by Gasteiger charge is -2.24. The van der Waals surface area contributed by atoms with Crippen LogP contribution in [0.25, 0.3) is 11.1 Å². The molecular formula is C33H40N8O8S. The number of hydrogen-bond donors (Lipinski definition) is 8. The molecule has 3 amide bonds. The highest BCUT2D eigenvalue weighted by Crippen LogP contribution is 2.44. The maximum atomic E-state index is 13.7. The number of H-pyrrole nitrogens is 1. The van der Waals surface area contributed by atoms with Gasteiger partial charge >= 0.3 is 12.1 Å². The van der Waals surface area contributed by atoms with E-state index in [0.29, 0.717) is 5.69 Å². The number of amides is 3. The molecule has 0 radical (unpaired) electrons. The second-order valence-corrected chi connectivity index (χ2v) is 13.6. The molecule has 1 aliphatic carbocycles. The number of hydrogen-bond acceptors (Lipinski definition) is 9. The van der Waals surface area contributed by atoms with Gasteiger partial charge < -0.3 is 41.8 Å². The zero-order chi connectivity index (χ0) is 36.3. The molecule has 0 saturated heterocycles. The number of carbonyl (C=O) groups excluding carboxylic acids is 3. The lowest BCUT2D eigenvalue weighted by atomic mass is 9.98. The number of nitrogens with zero attached hydrogens (tertiary/aromatic N) is 1. The Morgan fingerprint density at radius 1 is 1.02 bits per heavy atom. The summed E-state index contributed by atoms with van der Waals surface area (Å²) in [7, 11) is -3.64. The fourth-order valence-corrected chi connectivity index (χ4v) is 6.02. The summed E-state index contributed by atoms with van der Waals surface area (Å²) in [4.78, 5) is 58.6. The molecule has 16 nitrogen and oxygen atoms in total. The van der Waals surface area contributed by atoms with E-state index in [1.165, 1.54) is 12.5 Å².